The number of halogens is 1. The Morgan fingerprint density at radius 2 is 1.85 bits per heavy atom. The number of aromatic nitrogens is 2. The molecule has 8 heteroatoms. The van der Waals surface area contributed by atoms with Crippen LogP contribution in [0.1, 0.15) is 30.3 Å². The molecule has 1 aromatic heterocycles. The highest BCUT2D eigenvalue weighted by molar-refractivity contribution is 9.10. The molecule has 0 saturated carbocycles. The standard InChI is InChI=1S/C31H27BrN4O3/c1-3-8-29-34-27-15-14-22(32)17-24(27)31(38)36(29)33-18-25-23-11-6-5-10-21(23)13-16-28(25)39-19-30(37)35-26-12-7-4-9-20(26)2/h4-7,9-18H,3,8,19H2,1-2H3,(H,35,37). The number of aryl methyl sites for hydroxylation is 2. The van der Waals surface area contributed by atoms with Gasteiger partial charge in [-0.05, 0) is 60.0 Å². The summed E-state index contributed by atoms with van der Waals surface area (Å²) in [6.07, 6.45) is 3.02. The maximum atomic E-state index is 13.5. The predicted octanol–water partition coefficient (Wildman–Crippen LogP) is 6.47. The summed E-state index contributed by atoms with van der Waals surface area (Å²) in [7, 11) is 0. The van der Waals surface area contributed by atoms with Crippen LogP contribution in [0.25, 0.3) is 21.7 Å². The summed E-state index contributed by atoms with van der Waals surface area (Å²) in [4.78, 5) is 30.9. The van der Waals surface area contributed by atoms with Crippen LogP contribution >= 0.6 is 15.9 Å². The van der Waals surface area contributed by atoms with Gasteiger partial charge in [-0.25, -0.2) is 4.98 Å². The van der Waals surface area contributed by atoms with E-state index in [9.17, 15) is 9.59 Å². The molecule has 5 aromatic rings. The molecule has 1 amide bonds. The van der Waals surface area contributed by atoms with Crippen molar-refractivity contribution < 1.29 is 9.53 Å². The second-order valence-electron chi connectivity index (χ2n) is 9.15. The van der Waals surface area contributed by atoms with Crippen LogP contribution in [-0.2, 0) is 11.2 Å². The lowest BCUT2D eigenvalue weighted by Crippen LogP contribution is -2.23. The Balaban J connectivity index is 1.52. The summed E-state index contributed by atoms with van der Waals surface area (Å²) in [5.41, 5.74) is 2.76. The highest BCUT2D eigenvalue weighted by Gasteiger charge is 2.13. The molecule has 0 saturated heterocycles. The van der Waals surface area contributed by atoms with E-state index in [0.29, 0.717) is 34.5 Å². The lowest BCUT2D eigenvalue weighted by Gasteiger charge is -2.13. The third-order valence-corrected chi connectivity index (χ3v) is 6.85. The minimum absolute atomic E-state index is 0.180. The number of hydrogen-bond acceptors (Lipinski definition) is 5. The molecule has 0 aliphatic rings. The van der Waals surface area contributed by atoms with Crippen molar-refractivity contribution >= 4 is 55.4 Å². The fourth-order valence-electron chi connectivity index (χ4n) is 4.39. The van der Waals surface area contributed by atoms with Gasteiger partial charge in [-0.2, -0.15) is 9.78 Å². The zero-order valence-corrected chi connectivity index (χ0v) is 23.2. The van der Waals surface area contributed by atoms with Gasteiger partial charge in [0.2, 0.25) is 0 Å². The first-order chi connectivity index (χ1) is 18.9. The maximum Gasteiger partial charge on any atom is 0.282 e. The van der Waals surface area contributed by atoms with Crippen LogP contribution in [0.15, 0.2) is 93.2 Å². The monoisotopic (exact) mass is 582 g/mol. The fourth-order valence-corrected chi connectivity index (χ4v) is 4.75. The van der Waals surface area contributed by atoms with Crippen molar-refractivity contribution in [2.75, 3.05) is 11.9 Å². The van der Waals surface area contributed by atoms with E-state index in [1.165, 1.54) is 4.68 Å². The summed E-state index contributed by atoms with van der Waals surface area (Å²) >= 11 is 3.44. The highest BCUT2D eigenvalue weighted by atomic mass is 79.9. The number of carbonyl (C=O) groups is 1. The van der Waals surface area contributed by atoms with Crippen LogP contribution in [0, 0.1) is 6.92 Å². The van der Waals surface area contributed by atoms with Crippen LogP contribution in [0.5, 0.6) is 5.75 Å². The van der Waals surface area contributed by atoms with E-state index < -0.39 is 0 Å². The van der Waals surface area contributed by atoms with Crippen molar-refractivity contribution in [1.29, 1.82) is 0 Å². The van der Waals surface area contributed by atoms with E-state index in [-0.39, 0.29) is 18.1 Å². The summed E-state index contributed by atoms with van der Waals surface area (Å²) in [6.45, 7) is 3.79. The maximum absolute atomic E-state index is 13.5. The van der Waals surface area contributed by atoms with Crippen molar-refractivity contribution in [1.82, 2.24) is 9.66 Å². The second-order valence-corrected chi connectivity index (χ2v) is 10.1. The number of benzene rings is 4. The molecule has 0 fully saturated rings. The summed E-state index contributed by atoms with van der Waals surface area (Å²) < 4.78 is 8.14. The normalized spacial score (nSPS) is 11.4. The molecular formula is C31H27BrN4O3. The molecule has 0 aliphatic carbocycles. The van der Waals surface area contributed by atoms with Crippen molar-refractivity contribution in [2.45, 2.75) is 26.7 Å². The molecule has 0 bridgehead atoms. The third-order valence-electron chi connectivity index (χ3n) is 6.36. The molecular weight excluding hydrogens is 556 g/mol. The first kappa shape index (κ1) is 26.3. The molecule has 196 valence electrons. The number of carbonyl (C=O) groups excluding carboxylic acids is 1. The van der Waals surface area contributed by atoms with Gasteiger partial charge in [0.15, 0.2) is 6.61 Å². The van der Waals surface area contributed by atoms with Gasteiger partial charge in [0.05, 0.1) is 17.1 Å². The smallest absolute Gasteiger partial charge is 0.282 e. The molecule has 7 nitrogen and oxygen atoms in total. The SMILES string of the molecule is CCCc1nc2ccc(Br)cc2c(=O)n1N=Cc1c(OCC(=O)Nc2ccccc2C)ccc2ccccc12. The van der Waals surface area contributed by atoms with Crippen molar-refractivity contribution in [3.05, 3.63) is 111 Å². The fraction of sp³-hybridized carbons (Fsp3) is 0.161. The van der Waals surface area contributed by atoms with Gasteiger partial charge < -0.3 is 10.1 Å². The first-order valence-corrected chi connectivity index (χ1v) is 13.5. The van der Waals surface area contributed by atoms with Crippen LogP contribution in [0.4, 0.5) is 5.69 Å². The predicted molar refractivity (Wildman–Crippen MR) is 160 cm³/mol. The molecule has 1 heterocycles. The third kappa shape index (κ3) is 5.76. The van der Waals surface area contributed by atoms with Crippen LogP contribution < -0.4 is 15.6 Å². The average molecular weight is 583 g/mol. The van der Waals surface area contributed by atoms with Crippen LogP contribution in [-0.4, -0.2) is 28.4 Å². The van der Waals surface area contributed by atoms with E-state index in [1.807, 2.05) is 86.6 Å². The van der Waals surface area contributed by atoms with Gasteiger partial charge >= 0.3 is 0 Å². The number of rotatable bonds is 8. The van der Waals surface area contributed by atoms with Gasteiger partial charge in [-0.15, -0.1) is 0 Å². The summed E-state index contributed by atoms with van der Waals surface area (Å²) in [6, 6.07) is 24.6. The zero-order chi connectivity index (χ0) is 27.4. The Labute approximate surface area is 234 Å². The second kappa shape index (κ2) is 11.6. The molecule has 0 radical (unpaired) electrons. The lowest BCUT2D eigenvalue weighted by molar-refractivity contribution is -0.118. The van der Waals surface area contributed by atoms with E-state index in [1.54, 1.807) is 12.3 Å². The van der Waals surface area contributed by atoms with Gasteiger partial charge in [0.1, 0.15) is 11.6 Å². The number of nitrogens with zero attached hydrogens (tertiary/aromatic N) is 3. The Kier molecular flexibility index (Phi) is 7.84. The van der Waals surface area contributed by atoms with Gasteiger partial charge in [-0.3, -0.25) is 9.59 Å². The Hall–Kier alpha value is -4.30. The minimum Gasteiger partial charge on any atom is -0.483 e. The van der Waals surface area contributed by atoms with Crippen molar-refractivity contribution in [3.63, 3.8) is 0 Å². The molecule has 39 heavy (non-hydrogen) atoms. The average Bonchev–Trinajstić information content (AvgIpc) is 2.94. The number of ether oxygens (including phenoxy) is 1. The quantitative estimate of drug-likeness (QED) is 0.212. The van der Waals surface area contributed by atoms with Gasteiger partial charge in [-0.1, -0.05) is 71.4 Å². The first-order valence-electron chi connectivity index (χ1n) is 12.7. The lowest BCUT2D eigenvalue weighted by atomic mass is 10.0. The molecule has 0 unspecified atom stereocenters. The van der Waals surface area contributed by atoms with E-state index >= 15 is 0 Å². The number of amides is 1. The molecule has 0 spiro atoms. The highest BCUT2D eigenvalue weighted by Crippen LogP contribution is 2.27. The molecule has 0 atom stereocenters. The Bertz CT molecular complexity index is 1780. The minimum atomic E-state index is -0.272. The largest absolute Gasteiger partial charge is 0.483 e. The van der Waals surface area contributed by atoms with Crippen molar-refractivity contribution in [3.8, 4) is 5.75 Å². The van der Waals surface area contributed by atoms with Crippen LogP contribution in [0.2, 0.25) is 0 Å². The van der Waals surface area contributed by atoms with E-state index in [0.717, 1.165) is 32.9 Å². The van der Waals surface area contributed by atoms with Crippen LogP contribution in [0.3, 0.4) is 0 Å². The molecule has 0 aliphatic heterocycles. The molecule has 5 rings (SSSR count). The number of para-hydroxylation sites is 1. The van der Waals surface area contributed by atoms with Gasteiger partial charge in [0.25, 0.3) is 11.5 Å². The van der Waals surface area contributed by atoms with Crippen molar-refractivity contribution in [2.24, 2.45) is 5.10 Å². The molecule has 4 aromatic carbocycles. The summed E-state index contributed by atoms with van der Waals surface area (Å²) in [5.74, 6) is 0.791. The van der Waals surface area contributed by atoms with Gasteiger partial charge in [0, 0.05) is 22.1 Å². The number of nitrogens with one attached hydrogen (secondary N) is 1. The number of hydrogen-bond donors (Lipinski definition) is 1. The number of anilines is 1. The summed E-state index contributed by atoms with van der Waals surface area (Å²) in [5, 5.41) is 9.85. The van der Waals surface area contributed by atoms with E-state index in [2.05, 4.69) is 26.3 Å². The van der Waals surface area contributed by atoms with E-state index in [4.69, 9.17) is 9.72 Å². The Morgan fingerprint density at radius 1 is 1.05 bits per heavy atom. The topological polar surface area (TPSA) is 85.6 Å². The Morgan fingerprint density at radius 3 is 2.67 bits per heavy atom. The molecule has 1 N–H and O–H groups in total. The number of fused-ring (bicyclic) bond motifs is 2. The zero-order valence-electron chi connectivity index (χ0n) is 21.6.